The summed E-state index contributed by atoms with van der Waals surface area (Å²) in [5.41, 5.74) is 0.379. The van der Waals surface area contributed by atoms with E-state index in [1.165, 1.54) is 16.7 Å². The van der Waals surface area contributed by atoms with Crippen molar-refractivity contribution in [3.05, 3.63) is 82.9 Å². The van der Waals surface area contributed by atoms with Crippen LogP contribution in [0, 0.1) is 0 Å². The lowest BCUT2D eigenvalue weighted by Gasteiger charge is -2.08. The van der Waals surface area contributed by atoms with Crippen molar-refractivity contribution < 1.29 is 17.6 Å². The quantitative estimate of drug-likeness (QED) is 0.528. The first kappa shape index (κ1) is 19.9. The Hall–Kier alpha value is -3.42. The van der Waals surface area contributed by atoms with Gasteiger partial charge in [0.05, 0.1) is 11.3 Å². The summed E-state index contributed by atoms with van der Waals surface area (Å²) in [5, 5.41) is 0. The number of hydrogen-bond acceptors (Lipinski definition) is 4. The third kappa shape index (κ3) is 3.72. The van der Waals surface area contributed by atoms with Crippen LogP contribution in [-0.4, -0.2) is 14.5 Å². The summed E-state index contributed by atoms with van der Waals surface area (Å²) in [6.45, 7) is 5.49. The Morgan fingerprint density at radius 1 is 1.20 bits per heavy atom. The lowest BCUT2D eigenvalue weighted by atomic mass is 10.1. The minimum Gasteiger partial charge on any atom is -0.434 e. The zero-order valence-corrected chi connectivity index (χ0v) is 16.1. The van der Waals surface area contributed by atoms with Crippen LogP contribution >= 0.6 is 0 Å². The van der Waals surface area contributed by atoms with Crippen LogP contribution in [0.2, 0.25) is 0 Å². The van der Waals surface area contributed by atoms with E-state index in [1.807, 2.05) is 0 Å². The molecule has 30 heavy (non-hydrogen) atoms. The van der Waals surface area contributed by atoms with E-state index in [4.69, 9.17) is 4.42 Å². The second-order valence-electron chi connectivity index (χ2n) is 6.97. The third-order valence-electron chi connectivity index (χ3n) is 4.91. The van der Waals surface area contributed by atoms with Crippen LogP contribution in [0.1, 0.15) is 42.8 Å². The van der Waals surface area contributed by atoms with E-state index in [2.05, 4.69) is 16.5 Å². The van der Waals surface area contributed by atoms with Gasteiger partial charge in [0.25, 0.3) is 0 Å². The largest absolute Gasteiger partial charge is 0.434 e. The summed E-state index contributed by atoms with van der Waals surface area (Å²) in [4.78, 5) is 21.2. The smallest absolute Gasteiger partial charge is 0.416 e. The topological polar surface area (TPSA) is 60.9 Å². The molecule has 1 fully saturated rings. The molecule has 3 aromatic rings. The lowest BCUT2D eigenvalue weighted by Crippen LogP contribution is -2.22. The Labute approximate surface area is 170 Å². The predicted molar refractivity (Wildman–Crippen MR) is 106 cm³/mol. The monoisotopic (exact) mass is 413 g/mol. The first-order valence-electron chi connectivity index (χ1n) is 9.39. The van der Waals surface area contributed by atoms with Crippen molar-refractivity contribution in [3.63, 3.8) is 0 Å². The number of benzene rings is 1. The Bertz CT molecular complexity index is 1180. The molecular weight excluding hydrogens is 395 g/mol. The summed E-state index contributed by atoms with van der Waals surface area (Å²) < 4.78 is 45.9. The molecule has 8 heteroatoms. The molecule has 1 aliphatic rings. The molecular formula is C22H18F3N3O2. The fourth-order valence-electron chi connectivity index (χ4n) is 3.11. The summed E-state index contributed by atoms with van der Waals surface area (Å²) in [6, 6.07) is 6.26. The zero-order chi connectivity index (χ0) is 21.5. The van der Waals surface area contributed by atoms with Crippen molar-refractivity contribution in [2.75, 3.05) is 0 Å². The van der Waals surface area contributed by atoms with Gasteiger partial charge in [0.15, 0.2) is 11.6 Å². The average Bonchev–Trinajstić information content (AvgIpc) is 3.48. The van der Waals surface area contributed by atoms with Gasteiger partial charge in [0.1, 0.15) is 0 Å². The van der Waals surface area contributed by atoms with Gasteiger partial charge >= 0.3 is 11.9 Å². The molecule has 2 heterocycles. The van der Waals surface area contributed by atoms with E-state index in [1.54, 1.807) is 31.3 Å². The van der Waals surface area contributed by atoms with E-state index in [0.29, 0.717) is 17.1 Å². The maximum Gasteiger partial charge on any atom is 0.416 e. The van der Waals surface area contributed by atoms with E-state index in [9.17, 15) is 18.0 Å². The standard InChI is InChI=1S/C22H18F3N3O2/c1-3-13(4-2)20-27-19(28-12-11-17(14-5-6-14)26-21(28)29)18(30-20)15-7-9-16(10-8-15)22(23,24)25/h3-4,7-12,14H,1,5-6H2,2H3/b13-4+. The van der Waals surface area contributed by atoms with Crippen LogP contribution in [-0.2, 0) is 6.18 Å². The molecule has 5 nitrogen and oxygen atoms in total. The number of alkyl halides is 3. The first-order valence-corrected chi connectivity index (χ1v) is 9.39. The summed E-state index contributed by atoms with van der Waals surface area (Å²) >= 11 is 0. The Morgan fingerprint density at radius 2 is 1.90 bits per heavy atom. The molecule has 0 unspecified atom stereocenters. The number of halogens is 3. The molecule has 0 bridgehead atoms. The van der Waals surface area contributed by atoms with Gasteiger partial charge in [-0.1, -0.05) is 30.9 Å². The molecule has 0 radical (unpaired) electrons. The summed E-state index contributed by atoms with van der Waals surface area (Å²) in [7, 11) is 0. The molecule has 0 atom stereocenters. The van der Waals surface area contributed by atoms with Crippen LogP contribution < -0.4 is 5.69 Å². The minimum atomic E-state index is -4.45. The second-order valence-corrected chi connectivity index (χ2v) is 6.97. The number of aromatic nitrogens is 3. The maximum atomic E-state index is 12.9. The van der Waals surface area contributed by atoms with Crippen LogP contribution in [0.5, 0.6) is 0 Å². The van der Waals surface area contributed by atoms with Gasteiger partial charge in [-0.05, 0) is 38.0 Å². The number of oxazole rings is 1. The number of allylic oxidation sites excluding steroid dienone is 3. The highest BCUT2D eigenvalue weighted by atomic mass is 19.4. The highest BCUT2D eigenvalue weighted by Crippen LogP contribution is 2.38. The van der Waals surface area contributed by atoms with Crippen molar-refractivity contribution in [3.8, 4) is 17.1 Å². The fraction of sp³-hybridized carbons (Fsp3) is 0.227. The zero-order valence-electron chi connectivity index (χ0n) is 16.1. The van der Waals surface area contributed by atoms with Gasteiger partial charge < -0.3 is 4.42 Å². The lowest BCUT2D eigenvalue weighted by molar-refractivity contribution is -0.137. The molecule has 0 saturated heterocycles. The molecule has 4 rings (SSSR count). The Morgan fingerprint density at radius 3 is 2.43 bits per heavy atom. The second kappa shape index (κ2) is 7.44. The maximum absolute atomic E-state index is 12.9. The normalized spacial score (nSPS) is 14.7. The highest BCUT2D eigenvalue weighted by Gasteiger charge is 2.31. The molecule has 1 aromatic carbocycles. The van der Waals surface area contributed by atoms with Crippen molar-refractivity contribution >= 4 is 5.57 Å². The first-order chi connectivity index (χ1) is 14.3. The van der Waals surface area contributed by atoms with Crippen molar-refractivity contribution in [2.24, 2.45) is 0 Å². The van der Waals surface area contributed by atoms with Crippen molar-refractivity contribution in [1.29, 1.82) is 0 Å². The molecule has 154 valence electrons. The van der Waals surface area contributed by atoms with Gasteiger partial charge in [-0.2, -0.15) is 23.1 Å². The minimum absolute atomic E-state index is 0.158. The Kier molecular flexibility index (Phi) is 4.93. The molecule has 0 aliphatic heterocycles. The van der Waals surface area contributed by atoms with E-state index in [0.717, 1.165) is 30.7 Å². The molecule has 1 aliphatic carbocycles. The van der Waals surface area contributed by atoms with E-state index in [-0.39, 0.29) is 17.5 Å². The number of hydrogen-bond donors (Lipinski definition) is 0. The molecule has 2 aromatic heterocycles. The number of nitrogens with zero attached hydrogens (tertiary/aromatic N) is 3. The van der Waals surface area contributed by atoms with Gasteiger partial charge in [-0.15, -0.1) is 0 Å². The van der Waals surface area contributed by atoms with Crippen molar-refractivity contribution in [1.82, 2.24) is 14.5 Å². The SMILES string of the molecule is C=C/C(=C\C)c1nc(-n2ccc(C3CC3)nc2=O)c(-c2ccc(C(F)(F)F)cc2)o1. The van der Waals surface area contributed by atoms with Crippen molar-refractivity contribution in [2.45, 2.75) is 31.9 Å². The van der Waals surface area contributed by atoms with Crippen LogP contribution in [0.15, 0.2) is 64.5 Å². The van der Waals surface area contributed by atoms with Crippen LogP contribution in [0.3, 0.4) is 0 Å². The van der Waals surface area contributed by atoms with Crippen LogP contribution in [0.25, 0.3) is 22.7 Å². The van der Waals surface area contributed by atoms with Gasteiger partial charge in [-0.25, -0.2) is 9.36 Å². The summed E-state index contributed by atoms with van der Waals surface area (Å²) in [6.07, 6.45) is 2.41. The molecule has 1 saturated carbocycles. The molecule has 0 spiro atoms. The Balaban J connectivity index is 1.85. The molecule has 0 N–H and O–H groups in total. The predicted octanol–water partition coefficient (Wildman–Crippen LogP) is 5.37. The van der Waals surface area contributed by atoms with Gasteiger partial charge in [0.2, 0.25) is 5.89 Å². The fourth-order valence-corrected chi connectivity index (χ4v) is 3.11. The van der Waals surface area contributed by atoms with Crippen LogP contribution in [0.4, 0.5) is 13.2 Å². The van der Waals surface area contributed by atoms with Gasteiger partial charge in [-0.3, -0.25) is 0 Å². The van der Waals surface area contributed by atoms with Gasteiger partial charge in [0, 0.05) is 23.3 Å². The third-order valence-corrected chi connectivity index (χ3v) is 4.91. The summed E-state index contributed by atoms with van der Waals surface area (Å²) in [5.74, 6) is 0.842. The number of rotatable bonds is 5. The average molecular weight is 413 g/mol. The highest BCUT2D eigenvalue weighted by molar-refractivity contribution is 5.72. The van der Waals surface area contributed by atoms with E-state index >= 15 is 0 Å². The molecule has 0 amide bonds. The van der Waals surface area contributed by atoms with E-state index < -0.39 is 17.4 Å².